The van der Waals surface area contributed by atoms with E-state index in [4.69, 9.17) is 0 Å². The average molecular weight is 363 g/mol. The standard InChI is InChI=1S/C18H25N3O3S/c1-11(2)8-16-17(22)25-18(20(16)10-12(3)4)19-15-7-6-14(21(23)24)9-13(15)5/h6-7,9,11-12,16H,8,10H2,1-5H3/b19-18-. The number of nitrogens with zero attached hydrogens (tertiary/aromatic N) is 3. The number of aliphatic imine (C=N–C) groups is 1. The lowest BCUT2D eigenvalue weighted by atomic mass is 10.0. The summed E-state index contributed by atoms with van der Waals surface area (Å²) in [4.78, 5) is 29.7. The lowest BCUT2D eigenvalue weighted by molar-refractivity contribution is -0.384. The van der Waals surface area contributed by atoms with Crippen molar-refractivity contribution < 1.29 is 9.72 Å². The highest BCUT2D eigenvalue weighted by Gasteiger charge is 2.38. The van der Waals surface area contributed by atoms with Crippen LogP contribution in [0.4, 0.5) is 11.4 Å². The molecule has 1 atom stereocenters. The van der Waals surface area contributed by atoms with E-state index in [1.54, 1.807) is 13.0 Å². The summed E-state index contributed by atoms with van der Waals surface area (Å²) in [6.07, 6.45) is 0.802. The second-order valence-corrected chi connectivity index (χ2v) is 8.21. The van der Waals surface area contributed by atoms with E-state index in [0.717, 1.165) is 18.5 Å². The van der Waals surface area contributed by atoms with Gasteiger partial charge in [-0.3, -0.25) is 14.9 Å². The van der Waals surface area contributed by atoms with E-state index in [0.29, 0.717) is 22.7 Å². The predicted octanol–water partition coefficient (Wildman–Crippen LogP) is 4.54. The van der Waals surface area contributed by atoms with Crippen molar-refractivity contribution in [3.63, 3.8) is 0 Å². The molecule has 1 aromatic rings. The third-order valence-corrected chi connectivity index (χ3v) is 4.93. The normalized spacial score (nSPS) is 19.5. The summed E-state index contributed by atoms with van der Waals surface area (Å²) in [7, 11) is 0. The Labute approximate surface area is 152 Å². The van der Waals surface area contributed by atoms with E-state index in [2.05, 4.69) is 37.6 Å². The molecule has 1 aliphatic rings. The number of carbonyl (C=O) groups is 1. The van der Waals surface area contributed by atoms with Crippen LogP contribution in [0.1, 0.15) is 39.7 Å². The number of non-ortho nitro benzene ring substituents is 1. The Morgan fingerprint density at radius 3 is 2.48 bits per heavy atom. The number of benzene rings is 1. The Bertz CT molecular complexity index is 701. The fraction of sp³-hybridized carbons (Fsp3) is 0.556. The minimum Gasteiger partial charge on any atom is -0.340 e. The van der Waals surface area contributed by atoms with E-state index >= 15 is 0 Å². The fourth-order valence-electron chi connectivity index (χ4n) is 2.81. The number of hydrogen-bond acceptors (Lipinski definition) is 5. The van der Waals surface area contributed by atoms with Crippen molar-refractivity contribution in [2.24, 2.45) is 16.8 Å². The zero-order chi connectivity index (χ0) is 18.7. The van der Waals surface area contributed by atoms with Gasteiger partial charge in [0.15, 0.2) is 5.17 Å². The van der Waals surface area contributed by atoms with Crippen LogP contribution in [0, 0.1) is 28.9 Å². The molecule has 1 unspecified atom stereocenters. The molecule has 6 nitrogen and oxygen atoms in total. The maximum absolute atomic E-state index is 12.5. The van der Waals surface area contributed by atoms with Crippen LogP contribution in [0.5, 0.6) is 0 Å². The van der Waals surface area contributed by atoms with Crippen LogP contribution in [0.25, 0.3) is 0 Å². The van der Waals surface area contributed by atoms with Gasteiger partial charge in [-0.1, -0.05) is 27.7 Å². The second-order valence-electron chi connectivity index (χ2n) is 7.23. The SMILES string of the molecule is Cc1cc([N+](=O)[O-])ccc1/N=C1\SC(=O)C(CC(C)C)N1CC(C)C. The topological polar surface area (TPSA) is 75.8 Å². The van der Waals surface area contributed by atoms with Crippen molar-refractivity contribution in [3.8, 4) is 0 Å². The van der Waals surface area contributed by atoms with Gasteiger partial charge in [0.25, 0.3) is 5.69 Å². The first kappa shape index (κ1) is 19.4. The summed E-state index contributed by atoms with van der Waals surface area (Å²) >= 11 is 1.18. The van der Waals surface area contributed by atoms with Gasteiger partial charge in [-0.2, -0.15) is 0 Å². The first-order valence-corrected chi connectivity index (χ1v) is 9.32. The van der Waals surface area contributed by atoms with Crippen LogP contribution in [-0.4, -0.2) is 32.7 Å². The Balaban J connectivity index is 2.36. The molecule has 0 N–H and O–H groups in total. The lowest BCUT2D eigenvalue weighted by Gasteiger charge is -2.27. The number of nitro benzene ring substituents is 1. The second kappa shape index (κ2) is 7.99. The minimum atomic E-state index is -0.415. The van der Waals surface area contributed by atoms with Crippen LogP contribution in [0.3, 0.4) is 0 Å². The van der Waals surface area contributed by atoms with E-state index in [1.165, 1.54) is 23.9 Å². The molecule has 0 bridgehead atoms. The summed E-state index contributed by atoms with van der Waals surface area (Å²) in [5, 5.41) is 11.7. The molecule has 0 spiro atoms. The monoisotopic (exact) mass is 363 g/mol. The molecule has 25 heavy (non-hydrogen) atoms. The molecule has 1 fully saturated rings. The Morgan fingerprint density at radius 1 is 1.28 bits per heavy atom. The zero-order valence-electron chi connectivity index (χ0n) is 15.4. The van der Waals surface area contributed by atoms with Crippen molar-refractivity contribution in [2.45, 2.75) is 47.1 Å². The first-order valence-electron chi connectivity index (χ1n) is 8.51. The molecule has 2 rings (SSSR count). The molecule has 1 heterocycles. The summed E-state index contributed by atoms with van der Waals surface area (Å²) in [6, 6.07) is 4.46. The number of hydrogen-bond donors (Lipinski definition) is 0. The van der Waals surface area contributed by atoms with Gasteiger partial charge >= 0.3 is 0 Å². The highest BCUT2D eigenvalue weighted by Crippen LogP contribution is 2.33. The summed E-state index contributed by atoms with van der Waals surface area (Å²) in [5.74, 6) is 0.828. The van der Waals surface area contributed by atoms with Crippen LogP contribution >= 0.6 is 11.8 Å². The molecule has 0 radical (unpaired) electrons. The molecular weight excluding hydrogens is 338 g/mol. The molecule has 1 aromatic carbocycles. The number of carbonyl (C=O) groups excluding carboxylic acids is 1. The smallest absolute Gasteiger partial charge is 0.269 e. The number of aryl methyl sites for hydroxylation is 1. The third kappa shape index (κ3) is 4.81. The van der Waals surface area contributed by atoms with Crippen LogP contribution in [0.2, 0.25) is 0 Å². The van der Waals surface area contributed by atoms with Crippen molar-refractivity contribution in [3.05, 3.63) is 33.9 Å². The molecule has 0 aliphatic carbocycles. The van der Waals surface area contributed by atoms with Gasteiger partial charge in [-0.05, 0) is 48.6 Å². The maximum Gasteiger partial charge on any atom is 0.269 e. The summed E-state index contributed by atoms with van der Waals surface area (Å²) < 4.78 is 0. The molecule has 0 aromatic heterocycles. The van der Waals surface area contributed by atoms with Gasteiger partial charge in [-0.15, -0.1) is 0 Å². The van der Waals surface area contributed by atoms with Crippen molar-refractivity contribution in [2.75, 3.05) is 6.54 Å². The molecule has 1 saturated heterocycles. The van der Waals surface area contributed by atoms with Crippen molar-refractivity contribution >= 4 is 33.4 Å². The summed E-state index contributed by atoms with van der Waals surface area (Å²) in [5.41, 5.74) is 1.44. The third-order valence-electron chi connectivity index (χ3n) is 3.95. The first-order chi connectivity index (χ1) is 11.7. The van der Waals surface area contributed by atoms with Gasteiger partial charge in [0.05, 0.1) is 10.6 Å². The van der Waals surface area contributed by atoms with Gasteiger partial charge in [0.2, 0.25) is 5.12 Å². The molecule has 7 heteroatoms. The lowest BCUT2D eigenvalue weighted by Crippen LogP contribution is -2.39. The highest BCUT2D eigenvalue weighted by molar-refractivity contribution is 8.26. The summed E-state index contributed by atoms with van der Waals surface area (Å²) in [6.45, 7) is 11.0. The van der Waals surface area contributed by atoms with E-state index < -0.39 is 4.92 Å². The zero-order valence-corrected chi connectivity index (χ0v) is 16.2. The van der Waals surface area contributed by atoms with Crippen LogP contribution in [-0.2, 0) is 4.79 Å². The molecule has 136 valence electrons. The van der Waals surface area contributed by atoms with Gasteiger partial charge in [0.1, 0.15) is 6.04 Å². The highest BCUT2D eigenvalue weighted by atomic mass is 32.2. The van der Waals surface area contributed by atoms with Crippen LogP contribution < -0.4 is 0 Å². The van der Waals surface area contributed by atoms with Gasteiger partial charge in [0, 0.05) is 18.7 Å². The van der Waals surface area contributed by atoms with E-state index in [9.17, 15) is 14.9 Å². The van der Waals surface area contributed by atoms with Crippen molar-refractivity contribution in [1.29, 1.82) is 0 Å². The number of amidine groups is 1. The van der Waals surface area contributed by atoms with E-state index in [-0.39, 0.29) is 16.8 Å². The Kier molecular flexibility index (Phi) is 6.21. The largest absolute Gasteiger partial charge is 0.340 e. The molecular formula is C18H25N3O3S. The molecule has 0 amide bonds. The number of thioether (sulfide) groups is 1. The van der Waals surface area contributed by atoms with E-state index in [1.807, 2.05) is 0 Å². The maximum atomic E-state index is 12.5. The number of nitro groups is 1. The Hall–Kier alpha value is -1.89. The van der Waals surface area contributed by atoms with Crippen LogP contribution in [0.15, 0.2) is 23.2 Å². The average Bonchev–Trinajstić information content (AvgIpc) is 2.76. The Morgan fingerprint density at radius 2 is 1.96 bits per heavy atom. The minimum absolute atomic E-state index is 0.0494. The quantitative estimate of drug-likeness (QED) is 0.548. The predicted molar refractivity (Wildman–Crippen MR) is 102 cm³/mol. The van der Waals surface area contributed by atoms with Gasteiger partial charge < -0.3 is 4.90 Å². The molecule has 1 aliphatic heterocycles. The van der Waals surface area contributed by atoms with Gasteiger partial charge in [-0.25, -0.2) is 4.99 Å². The molecule has 0 saturated carbocycles. The van der Waals surface area contributed by atoms with Crippen molar-refractivity contribution in [1.82, 2.24) is 4.90 Å². The number of rotatable bonds is 6. The fourth-order valence-corrected chi connectivity index (χ4v) is 3.82.